The summed E-state index contributed by atoms with van der Waals surface area (Å²) in [4.78, 5) is 45.6. The summed E-state index contributed by atoms with van der Waals surface area (Å²) in [7, 11) is 0. The van der Waals surface area contributed by atoms with Crippen LogP contribution >= 0.6 is 11.6 Å². The normalized spacial score (nSPS) is 15.4. The van der Waals surface area contributed by atoms with E-state index in [4.69, 9.17) is 16.3 Å². The van der Waals surface area contributed by atoms with Gasteiger partial charge in [-0.3, -0.25) is 14.9 Å². The highest BCUT2D eigenvalue weighted by atomic mass is 35.5. The van der Waals surface area contributed by atoms with Crippen molar-refractivity contribution in [1.29, 1.82) is 0 Å². The molecule has 0 aromatic heterocycles. The maximum absolute atomic E-state index is 13.8. The van der Waals surface area contributed by atoms with E-state index in [1.54, 1.807) is 39.0 Å². The Balaban J connectivity index is 1.74. The van der Waals surface area contributed by atoms with Crippen molar-refractivity contribution >= 4 is 40.8 Å². The summed E-state index contributed by atoms with van der Waals surface area (Å²) in [5.74, 6) is -0.695. The molecule has 0 aliphatic carbocycles. The highest BCUT2D eigenvalue weighted by Crippen LogP contribution is 2.31. The number of nitrogens with zero attached hydrogens (tertiary/aromatic N) is 2. The molecule has 0 bridgehead atoms. The van der Waals surface area contributed by atoms with E-state index in [1.165, 1.54) is 4.90 Å². The molecule has 3 aromatic carbocycles. The third kappa shape index (κ3) is 6.24. The van der Waals surface area contributed by atoms with Crippen molar-refractivity contribution in [1.82, 2.24) is 5.32 Å². The quantitative estimate of drug-likeness (QED) is 0.474. The predicted octanol–water partition coefficient (Wildman–Crippen LogP) is 5.39. The monoisotopic (exact) mass is 517 g/mol. The maximum atomic E-state index is 13.8. The van der Waals surface area contributed by atoms with Gasteiger partial charge in [0, 0.05) is 21.6 Å². The SMILES string of the molecule is CC(C)(C)C(=O)CN1C(=O)[C@@H](NC(=O)OCc2ccccc2)N=C(c2ccccc2)c2cc(Cl)ccc21. The van der Waals surface area contributed by atoms with Gasteiger partial charge in [-0.1, -0.05) is 93.0 Å². The van der Waals surface area contributed by atoms with Crippen LogP contribution in [0.25, 0.3) is 0 Å². The zero-order valence-electron chi connectivity index (χ0n) is 20.9. The van der Waals surface area contributed by atoms with Gasteiger partial charge in [-0.15, -0.1) is 0 Å². The highest BCUT2D eigenvalue weighted by molar-refractivity contribution is 6.32. The van der Waals surface area contributed by atoms with Crippen LogP contribution in [-0.4, -0.2) is 36.2 Å². The van der Waals surface area contributed by atoms with Gasteiger partial charge in [0.05, 0.1) is 17.9 Å². The number of benzodiazepines with no additional fused rings is 1. The van der Waals surface area contributed by atoms with Crippen molar-refractivity contribution in [3.05, 3.63) is 101 Å². The molecule has 3 aromatic rings. The van der Waals surface area contributed by atoms with Gasteiger partial charge in [-0.25, -0.2) is 9.79 Å². The van der Waals surface area contributed by atoms with Crippen LogP contribution in [0.4, 0.5) is 10.5 Å². The third-order valence-electron chi connectivity index (χ3n) is 5.92. The summed E-state index contributed by atoms with van der Waals surface area (Å²) >= 11 is 6.35. The molecule has 0 radical (unpaired) electrons. The number of anilines is 1. The largest absolute Gasteiger partial charge is 0.445 e. The van der Waals surface area contributed by atoms with Gasteiger partial charge in [-0.2, -0.15) is 0 Å². The minimum Gasteiger partial charge on any atom is -0.445 e. The molecule has 1 atom stereocenters. The summed E-state index contributed by atoms with van der Waals surface area (Å²) in [6, 6.07) is 23.6. The Hall–Kier alpha value is -3.97. The first-order valence-corrected chi connectivity index (χ1v) is 12.3. The molecule has 4 rings (SSSR count). The van der Waals surface area contributed by atoms with Crippen molar-refractivity contribution in [3.8, 4) is 0 Å². The summed E-state index contributed by atoms with van der Waals surface area (Å²) in [6.07, 6.45) is -2.12. The number of benzene rings is 3. The number of carbonyl (C=O) groups is 3. The van der Waals surface area contributed by atoms with Crippen molar-refractivity contribution in [2.75, 3.05) is 11.4 Å². The Morgan fingerprint density at radius 1 is 1.00 bits per heavy atom. The number of hydrogen-bond donors (Lipinski definition) is 1. The molecular weight excluding hydrogens is 490 g/mol. The molecule has 7 nitrogen and oxygen atoms in total. The standard InChI is InChI=1S/C29H28ClN3O4/c1-29(2,3)24(34)17-33-23-15-14-21(30)16-22(23)25(20-12-8-5-9-13-20)31-26(27(33)35)32-28(36)37-18-19-10-6-4-7-11-19/h4-16,26H,17-18H2,1-3H3,(H,32,36)/t26-/m1/s1. The van der Waals surface area contributed by atoms with Crippen molar-refractivity contribution < 1.29 is 19.1 Å². The second-order valence-corrected chi connectivity index (χ2v) is 10.1. The van der Waals surface area contributed by atoms with Crippen LogP contribution in [0.1, 0.15) is 37.5 Å². The number of nitrogens with one attached hydrogen (secondary N) is 1. The molecular formula is C29H28ClN3O4. The fourth-order valence-electron chi connectivity index (χ4n) is 3.79. The Kier molecular flexibility index (Phi) is 7.74. The lowest BCUT2D eigenvalue weighted by Crippen LogP contribution is -2.50. The second-order valence-electron chi connectivity index (χ2n) is 9.71. The van der Waals surface area contributed by atoms with Gasteiger partial charge in [0.1, 0.15) is 6.61 Å². The number of fused-ring (bicyclic) bond motifs is 1. The van der Waals surface area contributed by atoms with Gasteiger partial charge in [0.2, 0.25) is 6.17 Å². The van der Waals surface area contributed by atoms with Gasteiger partial charge in [-0.05, 0) is 23.8 Å². The maximum Gasteiger partial charge on any atom is 0.409 e. The molecule has 37 heavy (non-hydrogen) atoms. The minimum absolute atomic E-state index is 0.0326. The van der Waals surface area contributed by atoms with E-state index in [1.807, 2.05) is 60.7 Å². The molecule has 0 saturated heterocycles. The van der Waals surface area contributed by atoms with E-state index in [0.29, 0.717) is 22.0 Å². The molecule has 1 N–H and O–H groups in total. The molecule has 1 heterocycles. The van der Waals surface area contributed by atoms with E-state index in [-0.39, 0.29) is 18.9 Å². The van der Waals surface area contributed by atoms with Crippen LogP contribution in [-0.2, 0) is 20.9 Å². The van der Waals surface area contributed by atoms with Crippen molar-refractivity contribution in [2.24, 2.45) is 10.4 Å². The number of aliphatic imine (C=N–C) groups is 1. The summed E-state index contributed by atoms with van der Waals surface area (Å²) in [6.45, 7) is 5.23. The molecule has 1 aliphatic heterocycles. The van der Waals surface area contributed by atoms with Crippen LogP contribution in [0.5, 0.6) is 0 Å². The Labute approximate surface area is 221 Å². The van der Waals surface area contributed by atoms with Crippen LogP contribution in [0.3, 0.4) is 0 Å². The summed E-state index contributed by atoms with van der Waals surface area (Å²) < 4.78 is 5.35. The first-order chi connectivity index (χ1) is 17.6. The first-order valence-electron chi connectivity index (χ1n) is 11.9. The summed E-state index contributed by atoms with van der Waals surface area (Å²) in [5.41, 5.74) is 2.38. The van der Waals surface area contributed by atoms with Gasteiger partial charge >= 0.3 is 6.09 Å². The number of Topliss-reactive ketones (excluding diaryl/α,β-unsaturated/α-hetero) is 1. The highest BCUT2D eigenvalue weighted by Gasteiger charge is 2.36. The van der Waals surface area contributed by atoms with Crippen LogP contribution < -0.4 is 10.2 Å². The average molecular weight is 518 g/mol. The minimum atomic E-state index is -1.32. The fraction of sp³-hybridized carbons (Fsp3) is 0.241. The van der Waals surface area contributed by atoms with Crippen molar-refractivity contribution in [3.63, 3.8) is 0 Å². The van der Waals surface area contributed by atoms with Crippen LogP contribution in [0, 0.1) is 5.41 Å². The van der Waals surface area contributed by atoms with Crippen LogP contribution in [0.2, 0.25) is 5.02 Å². The van der Waals surface area contributed by atoms with E-state index in [2.05, 4.69) is 10.3 Å². The van der Waals surface area contributed by atoms with E-state index in [9.17, 15) is 14.4 Å². The first kappa shape index (κ1) is 26.1. The van der Waals surface area contributed by atoms with E-state index < -0.39 is 23.6 Å². The van der Waals surface area contributed by atoms with Gasteiger partial charge in [0.25, 0.3) is 5.91 Å². The average Bonchev–Trinajstić information content (AvgIpc) is 2.98. The molecule has 0 saturated carbocycles. The zero-order chi connectivity index (χ0) is 26.6. The Morgan fingerprint density at radius 2 is 1.65 bits per heavy atom. The van der Waals surface area contributed by atoms with E-state index in [0.717, 1.165) is 11.1 Å². The Bertz CT molecular complexity index is 1330. The smallest absolute Gasteiger partial charge is 0.409 e. The number of ketones is 1. The molecule has 0 fully saturated rings. The van der Waals surface area contributed by atoms with Gasteiger partial charge in [0.15, 0.2) is 5.78 Å². The predicted molar refractivity (Wildman–Crippen MR) is 144 cm³/mol. The van der Waals surface area contributed by atoms with Crippen LogP contribution in [0.15, 0.2) is 83.9 Å². The number of rotatable bonds is 6. The molecule has 190 valence electrons. The molecule has 1 aliphatic rings. The van der Waals surface area contributed by atoms with Gasteiger partial charge < -0.3 is 9.64 Å². The van der Waals surface area contributed by atoms with E-state index >= 15 is 0 Å². The number of alkyl carbamates (subject to hydrolysis) is 1. The number of hydrogen-bond acceptors (Lipinski definition) is 5. The molecule has 0 unspecified atom stereocenters. The molecule has 2 amide bonds. The molecule has 8 heteroatoms. The number of carbonyl (C=O) groups excluding carboxylic acids is 3. The fourth-order valence-corrected chi connectivity index (χ4v) is 3.97. The second kappa shape index (κ2) is 11.0. The lowest BCUT2D eigenvalue weighted by Gasteiger charge is -2.28. The topological polar surface area (TPSA) is 88.1 Å². The lowest BCUT2D eigenvalue weighted by atomic mass is 9.90. The number of halogens is 1. The number of ether oxygens (including phenoxy) is 1. The Morgan fingerprint density at radius 3 is 2.30 bits per heavy atom. The summed E-state index contributed by atoms with van der Waals surface area (Å²) in [5, 5.41) is 3.04. The third-order valence-corrected chi connectivity index (χ3v) is 6.15. The van der Waals surface area contributed by atoms with Crippen molar-refractivity contribution in [2.45, 2.75) is 33.5 Å². The molecule has 0 spiro atoms. The lowest BCUT2D eigenvalue weighted by molar-refractivity contribution is -0.127. The zero-order valence-corrected chi connectivity index (χ0v) is 21.7. The number of amides is 2.